The summed E-state index contributed by atoms with van der Waals surface area (Å²) in [7, 11) is 1.47. The van der Waals surface area contributed by atoms with Crippen LogP contribution in [0.5, 0.6) is 5.75 Å². The van der Waals surface area contributed by atoms with Gasteiger partial charge in [-0.3, -0.25) is 0 Å². The number of aromatic nitrogens is 1. The van der Waals surface area contributed by atoms with Gasteiger partial charge in [-0.1, -0.05) is 11.6 Å². The first kappa shape index (κ1) is 9.21. The van der Waals surface area contributed by atoms with E-state index in [0.717, 1.165) is 0 Å². The number of benzene rings is 1. The quantitative estimate of drug-likeness (QED) is 0.677. The van der Waals surface area contributed by atoms with Crippen molar-refractivity contribution >= 4 is 22.5 Å². The average molecular weight is 212 g/mol. The Bertz CT molecular complexity index is 487. The molecule has 0 aliphatic rings. The number of rotatable bonds is 1. The SMILES string of the molecule is COc1cc(F)cc2ccc(Cl)nc12. The molecular weight excluding hydrogens is 205 g/mol. The van der Waals surface area contributed by atoms with Crippen LogP contribution in [0.1, 0.15) is 0 Å². The van der Waals surface area contributed by atoms with Crippen LogP contribution in [0, 0.1) is 5.82 Å². The van der Waals surface area contributed by atoms with Crippen LogP contribution in [-0.2, 0) is 0 Å². The Morgan fingerprint density at radius 1 is 1.36 bits per heavy atom. The summed E-state index contributed by atoms with van der Waals surface area (Å²) < 4.78 is 18.0. The highest BCUT2D eigenvalue weighted by atomic mass is 35.5. The van der Waals surface area contributed by atoms with Crippen molar-refractivity contribution in [3.63, 3.8) is 0 Å². The second kappa shape index (κ2) is 3.42. The summed E-state index contributed by atoms with van der Waals surface area (Å²) in [6.07, 6.45) is 0. The number of fused-ring (bicyclic) bond motifs is 1. The molecule has 0 atom stereocenters. The molecule has 0 radical (unpaired) electrons. The van der Waals surface area contributed by atoms with E-state index in [0.29, 0.717) is 21.8 Å². The Balaban J connectivity index is 2.81. The number of halogens is 2. The molecule has 1 heterocycles. The molecule has 2 aromatic rings. The fraction of sp³-hybridized carbons (Fsp3) is 0.100. The molecule has 14 heavy (non-hydrogen) atoms. The van der Waals surface area contributed by atoms with Crippen molar-refractivity contribution in [1.29, 1.82) is 0 Å². The highest BCUT2D eigenvalue weighted by Gasteiger charge is 2.06. The normalized spacial score (nSPS) is 10.5. The Morgan fingerprint density at radius 2 is 2.14 bits per heavy atom. The molecule has 0 aliphatic heterocycles. The molecule has 4 heteroatoms. The number of methoxy groups -OCH3 is 1. The zero-order valence-electron chi connectivity index (χ0n) is 7.42. The summed E-state index contributed by atoms with van der Waals surface area (Å²) in [6.45, 7) is 0. The van der Waals surface area contributed by atoms with Gasteiger partial charge in [-0.15, -0.1) is 0 Å². The van der Waals surface area contributed by atoms with Crippen molar-refractivity contribution < 1.29 is 9.13 Å². The van der Waals surface area contributed by atoms with Gasteiger partial charge in [0, 0.05) is 11.5 Å². The van der Waals surface area contributed by atoms with Crippen LogP contribution in [-0.4, -0.2) is 12.1 Å². The van der Waals surface area contributed by atoms with E-state index in [9.17, 15) is 4.39 Å². The van der Waals surface area contributed by atoms with Gasteiger partial charge >= 0.3 is 0 Å². The molecule has 0 aliphatic carbocycles. The number of hydrogen-bond donors (Lipinski definition) is 0. The maximum Gasteiger partial charge on any atom is 0.148 e. The Morgan fingerprint density at radius 3 is 2.86 bits per heavy atom. The third kappa shape index (κ3) is 1.51. The minimum absolute atomic E-state index is 0.349. The van der Waals surface area contributed by atoms with E-state index < -0.39 is 0 Å². The van der Waals surface area contributed by atoms with Crippen LogP contribution < -0.4 is 4.74 Å². The van der Waals surface area contributed by atoms with Crippen molar-refractivity contribution in [2.75, 3.05) is 7.11 Å². The first-order chi connectivity index (χ1) is 6.70. The molecule has 0 fully saturated rings. The van der Waals surface area contributed by atoms with Crippen molar-refractivity contribution in [3.05, 3.63) is 35.2 Å². The molecule has 0 spiro atoms. The molecule has 2 nitrogen and oxygen atoms in total. The zero-order valence-corrected chi connectivity index (χ0v) is 8.18. The van der Waals surface area contributed by atoms with Gasteiger partial charge < -0.3 is 4.74 Å². The van der Waals surface area contributed by atoms with Crippen LogP contribution in [0.15, 0.2) is 24.3 Å². The third-order valence-corrected chi connectivity index (χ3v) is 2.12. The molecule has 2 rings (SSSR count). The number of hydrogen-bond acceptors (Lipinski definition) is 2. The van der Waals surface area contributed by atoms with Gasteiger partial charge in [0.25, 0.3) is 0 Å². The number of pyridine rings is 1. The molecule has 0 bridgehead atoms. The van der Waals surface area contributed by atoms with E-state index in [2.05, 4.69) is 4.98 Å². The Hall–Kier alpha value is -1.35. The molecule has 1 aromatic heterocycles. The van der Waals surface area contributed by atoms with Crippen molar-refractivity contribution in [2.45, 2.75) is 0 Å². The van der Waals surface area contributed by atoms with E-state index in [-0.39, 0.29) is 5.82 Å². The maximum absolute atomic E-state index is 13.0. The third-order valence-electron chi connectivity index (χ3n) is 1.91. The van der Waals surface area contributed by atoms with E-state index >= 15 is 0 Å². The average Bonchev–Trinajstić information content (AvgIpc) is 2.17. The topological polar surface area (TPSA) is 22.1 Å². The molecule has 0 saturated heterocycles. The molecule has 0 unspecified atom stereocenters. The molecular formula is C10H7ClFNO. The minimum atomic E-state index is -0.349. The van der Waals surface area contributed by atoms with Crippen molar-refractivity contribution in [1.82, 2.24) is 4.98 Å². The first-order valence-corrected chi connectivity index (χ1v) is 4.38. The Labute approximate surface area is 85.3 Å². The lowest BCUT2D eigenvalue weighted by Crippen LogP contribution is -1.89. The summed E-state index contributed by atoms with van der Waals surface area (Å²) in [6, 6.07) is 5.99. The fourth-order valence-corrected chi connectivity index (χ4v) is 1.45. The minimum Gasteiger partial charge on any atom is -0.494 e. The summed E-state index contributed by atoms with van der Waals surface area (Å²) in [5.41, 5.74) is 0.571. The van der Waals surface area contributed by atoms with Crippen LogP contribution in [0.2, 0.25) is 5.15 Å². The highest BCUT2D eigenvalue weighted by Crippen LogP contribution is 2.26. The Kier molecular flexibility index (Phi) is 2.25. The summed E-state index contributed by atoms with van der Waals surface area (Å²) >= 11 is 5.73. The molecule has 72 valence electrons. The van der Waals surface area contributed by atoms with Gasteiger partial charge in [-0.25, -0.2) is 9.37 Å². The molecule has 0 amide bonds. The molecule has 1 aromatic carbocycles. The molecule has 0 N–H and O–H groups in total. The van der Waals surface area contributed by atoms with Crippen LogP contribution in [0.3, 0.4) is 0 Å². The van der Waals surface area contributed by atoms with Crippen LogP contribution in [0.25, 0.3) is 10.9 Å². The van der Waals surface area contributed by atoms with Gasteiger partial charge in [0.05, 0.1) is 7.11 Å². The van der Waals surface area contributed by atoms with E-state index in [1.807, 2.05) is 0 Å². The zero-order chi connectivity index (χ0) is 10.1. The van der Waals surface area contributed by atoms with Gasteiger partial charge in [0.1, 0.15) is 22.2 Å². The van der Waals surface area contributed by atoms with E-state index in [4.69, 9.17) is 16.3 Å². The summed E-state index contributed by atoms with van der Waals surface area (Å²) in [4.78, 5) is 4.06. The van der Waals surface area contributed by atoms with Gasteiger partial charge in [-0.2, -0.15) is 0 Å². The lowest BCUT2D eigenvalue weighted by atomic mass is 10.2. The monoisotopic (exact) mass is 211 g/mol. The second-order valence-corrected chi connectivity index (χ2v) is 3.20. The second-order valence-electron chi connectivity index (χ2n) is 2.81. The first-order valence-electron chi connectivity index (χ1n) is 4.00. The summed E-state index contributed by atoms with van der Waals surface area (Å²) in [5.74, 6) is 0.0426. The predicted octanol–water partition coefficient (Wildman–Crippen LogP) is 3.04. The standard InChI is InChI=1S/C10H7ClFNO/c1-14-8-5-7(12)4-6-2-3-9(11)13-10(6)8/h2-5H,1H3. The van der Waals surface area contributed by atoms with Crippen molar-refractivity contribution in [2.24, 2.45) is 0 Å². The lowest BCUT2D eigenvalue weighted by molar-refractivity contribution is 0.415. The number of nitrogens with zero attached hydrogens (tertiary/aromatic N) is 1. The summed E-state index contributed by atoms with van der Waals surface area (Å²) in [5, 5.41) is 1.04. The van der Waals surface area contributed by atoms with E-state index in [1.54, 1.807) is 12.1 Å². The smallest absolute Gasteiger partial charge is 0.148 e. The predicted molar refractivity (Wildman–Crippen MR) is 53.3 cm³/mol. The van der Waals surface area contributed by atoms with Crippen molar-refractivity contribution in [3.8, 4) is 5.75 Å². The van der Waals surface area contributed by atoms with Gasteiger partial charge in [0.15, 0.2) is 0 Å². The van der Waals surface area contributed by atoms with Gasteiger partial charge in [-0.05, 0) is 18.2 Å². The largest absolute Gasteiger partial charge is 0.494 e. The lowest BCUT2D eigenvalue weighted by Gasteiger charge is -2.04. The highest BCUT2D eigenvalue weighted by molar-refractivity contribution is 6.29. The number of ether oxygens (including phenoxy) is 1. The van der Waals surface area contributed by atoms with Gasteiger partial charge in [0.2, 0.25) is 0 Å². The fourth-order valence-electron chi connectivity index (χ4n) is 1.30. The van der Waals surface area contributed by atoms with Crippen LogP contribution >= 0.6 is 11.6 Å². The maximum atomic E-state index is 13.0. The molecule has 0 saturated carbocycles. The van der Waals surface area contributed by atoms with E-state index in [1.165, 1.54) is 19.2 Å². The van der Waals surface area contributed by atoms with Crippen LogP contribution in [0.4, 0.5) is 4.39 Å².